The molecule has 2 aromatic carbocycles. The molecule has 4 heteroatoms. The first-order chi connectivity index (χ1) is 14.1. The fraction of sp³-hybridized carbons (Fsp3) is 0.519. The van der Waals surface area contributed by atoms with Gasteiger partial charge in [-0.3, -0.25) is 4.79 Å². The van der Waals surface area contributed by atoms with Crippen molar-refractivity contribution in [1.82, 2.24) is 0 Å². The van der Waals surface area contributed by atoms with Crippen LogP contribution in [-0.2, 0) is 4.79 Å². The molecule has 0 spiro atoms. The van der Waals surface area contributed by atoms with Gasteiger partial charge in [0.2, 0.25) is 5.91 Å². The van der Waals surface area contributed by atoms with Crippen LogP contribution in [0.15, 0.2) is 40.1 Å². The van der Waals surface area contributed by atoms with Crippen molar-refractivity contribution in [1.29, 1.82) is 0 Å². The van der Waals surface area contributed by atoms with E-state index in [-0.39, 0.29) is 11.3 Å². The number of thiol groups is 2. The zero-order valence-electron chi connectivity index (χ0n) is 20.9. The van der Waals surface area contributed by atoms with Crippen molar-refractivity contribution in [2.24, 2.45) is 5.41 Å². The van der Waals surface area contributed by atoms with Gasteiger partial charge in [0.05, 0.1) is 0 Å². The van der Waals surface area contributed by atoms with Crippen LogP contribution in [0.1, 0.15) is 102 Å². The highest BCUT2D eigenvalue weighted by Gasteiger charge is 2.21. The van der Waals surface area contributed by atoms with E-state index in [1.54, 1.807) is 0 Å². The van der Waals surface area contributed by atoms with Crippen LogP contribution < -0.4 is 5.32 Å². The smallest absolute Gasteiger partial charge is 0.229 e. The van der Waals surface area contributed by atoms with Gasteiger partial charge in [-0.2, -0.15) is 0 Å². The molecule has 0 fully saturated rings. The maximum atomic E-state index is 11.8. The Morgan fingerprint density at radius 3 is 1.68 bits per heavy atom. The fourth-order valence-electron chi connectivity index (χ4n) is 3.25. The summed E-state index contributed by atoms with van der Waals surface area (Å²) >= 11 is 9.00. The third kappa shape index (κ3) is 8.23. The lowest BCUT2D eigenvalue weighted by Gasteiger charge is -2.18. The van der Waals surface area contributed by atoms with Gasteiger partial charge in [-0.05, 0) is 65.1 Å². The molecule has 1 amide bonds. The predicted molar refractivity (Wildman–Crippen MR) is 142 cm³/mol. The Labute approximate surface area is 201 Å². The lowest BCUT2D eigenvalue weighted by atomic mass is 9.93. The van der Waals surface area contributed by atoms with E-state index in [0.29, 0.717) is 17.8 Å². The van der Waals surface area contributed by atoms with E-state index in [1.165, 1.54) is 22.3 Å². The largest absolute Gasteiger partial charge is 0.326 e. The van der Waals surface area contributed by atoms with Crippen LogP contribution in [0.25, 0.3) is 0 Å². The summed E-state index contributed by atoms with van der Waals surface area (Å²) in [6.45, 7) is 21.0. The topological polar surface area (TPSA) is 29.1 Å². The number of aryl methyl sites for hydroxylation is 1. The first-order valence-corrected chi connectivity index (χ1v) is 12.0. The van der Waals surface area contributed by atoms with Gasteiger partial charge in [0, 0.05) is 20.9 Å². The SMILES string of the molecule is CC(C)c1ccc(NC(=O)C(C)(C)C)cc1S.Cc1cc(C(C)C)c(S)cc1C(C)C. The highest BCUT2D eigenvalue weighted by molar-refractivity contribution is 7.80. The summed E-state index contributed by atoms with van der Waals surface area (Å²) in [6, 6.07) is 10.4. The average molecular weight is 460 g/mol. The van der Waals surface area contributed by atoms with Gasteiger partial charge in [0.15, 0.2) is 0 Å². The maximum Gasteiger partial charge on any atom is 0.229 e. The number of anilines is 1. The number of carbonyl (C=O) groups is 1. The van der Waals surface area contributed by atoms with Gasteiger partial charge in [0.1, 0.15) is 0 Å². The summed E-state index contributed by atoms with van der Waals surface area (Å²) in [5.41, 5.74) is 5.78. The van der Waals surface area contributed by atoms with Crippen LogP contribution >= 0.6 is 25.3 Å². The van der Waals surface area contributed by atoms with Crippen LogP contribution in [0.3, 0.4) is 0 Å². The Hall–Kier alpha value is -1.39. The monoisotopic (exact) mass is 459 g/mol. The summed E-state index contributed by atoms with van der Waals surface area (Å²) in [6.07, 6.45) is 0. The molecule has 2 aromatic rings. The molecule has 1 N–H and O–H groups in total. The first kappa shape index (κ1) is 27.6. The number of rotatable bonds is 4. The highest BCUT2D eigenvalue weighted by atomic mass is 32.1. The van der Waals surface area contributed by atoms with Crippen molar-refractivity contribution in [3.05, 3.63) is 52.6 Å². The second kappa shape index (κ2) is 11.5. The van der Waals surface area contributed by atoms with Gasteiger partial charge in [0.25, 0.3) is 0 Å². The Bertz CT molecular complexity index is 859. The van der Waals surface area contributed by atoms with Gasteiger partial charge in [-0.1, -0.05) is 74.4 Å². The summed E-state index contributed by atoms with van der Waals surface area (Å²) < 4.78 is 0. The third-order valence-electron chi connectivity index (χ3n) is 5.25. The average Bonchev–Trinajstić information content (AvgIpc) is 2.62. The van der Waals surface area contributed by atoms with Gasteiger partial charge in [-0.25, -0.2) is 0 Å². The Morgan fingerprint density at radius 1 is 0.774 bits per heavy atom. The summed E-state index contributed by atoms with van der Waals surface area (Å²) in [7, 11) is 0. The maximum absolute atomic E-state index is 11.8. The standard InChI is InChI=1S/C14H21NOS.C13H20S/c1-9(2)11-7-6-10(8-12(11)17)15-13(16)14(3,4)5;1-8(2)11-7-13(14)12(9(3)4)6-10(11)5/h6-9,17H,1-5H3,(H,15,16);6-9,14H,1-5H3. The van der Waals surface area contributed by atoms with Crippen molar-refractivity contribution in [3.63, 3.8) is 0 Å². The zero-order chi connectivity index (χ0) is 24.1. The second-order valence-electron chi connectivity index (χ2n) is 10.2. The Morgan fingerprint density at radius 2 is 1.26 bits per heavy atom. The van der Waals surface area contributed by atoms with Crippen molar-refractivity contribution in [3.8, 4) is 0 Å². The normalized spacial score (nSPS) is 11.6. The summed E-state index contributed by atoms with van der Waals surface area (Å²) in [4.78, 5) is 13.9. The van der Waals surface area contributed by atoms with E-state index in [9.17, 15) is 4.79 Å². The molecule has 0 aromatic heterocycles. The predicted octanol–water partition coefficient (Wildman–Crippen LogP) is 8.61. The summed E-state index contributed by atoms with van der Waals surface area (Å²) in [5, 5.41) is 2.90. The van der Waals surface area contributed by atoms with Crippen LogP contribution in [-0.4, -0.2) is 5.91 Å². The first-order valence-electron chi connectivity index (χ1n) is 11.1. The van der Waals surface area contributed by atoms with Crippen molar-refractivity contribution in [2.45, 2.75) is 96.8 Å². The molecule has 0 aliphatic carbocycles. The van der Waals surface area contributed by atoms with E-state index in [2.05, 4.69) is 91.2 Å². The minimum atomic E-state index is -0.381. The van der Waals surface area contributed by atoms with E-state index >= 15 is 0 Å². The van der Waals surface area contributed by atoms with Gasteiger partial charge in [-0.15, -0.1) is 25.3 Å². The molecule has 0 radical (unpaired) electrons. The number of nitrogens with one attached hydrogen (secondary N) is 1. The second-order valence-corrected chi connectivity index (χ2v) is 11.2. The van der Waals surface area contributed by atoms with E-state index in [0.717, 1.165) is 15.5 Å². The van der Waals surface area contributed by atoms with E-state index in [4.69, 9.17) is 0 Å². The summed E-state index contributed by atoms with van der Waals surface area (Å²) in [5.74, 6) is 1.60. The molecular formula is C27H41NOS2. The number of amides is 1. The lowest BCUT2D eigenvalue weighted by molar-refractivity contribution is -0.123. The van der Waals surface area contributed by atoms with Gasteiger partial charge < -0.3 is 5.32 Å². The molecule has 0 bridgehead atoms. The number of hydrogen-bond acceptors (Lipinski definition) is 3. The number of hydrogen-bond donors (Lipinski definition) is 3. The van der Waals surface area contributed by atoms with Crippen molar-refractivity contribution < 1.29 is 4.79 Å². The van der Waals surface area contributed by atoms with E-state index in [1.807, 2.05) is 39.0 Å². The van der Waals surface area contributed by atoms with Crippen LogP contribution in [0.2, 0.25) is 0 Å². The fourth-order valence-corrected chi connectivity index (χ4v) is 4.18. The Kier molecular flexibility index (Phi) is 10.2. The lowest BCUT2D eigenvalue weighted by Crippen LogP contribution is -2.27. The molecule has 0 unspecified atom stereocenters. The number of carbonyl (C=O) groups excluding carboxylic acids is 1. The third-order valence-corrected chi connectivity index (χ3v) is 6.03. The minimum absolute atomic E-state index is 0.0162. The molecule has 2 nitrogen and oxygen atoms in total. The molecule has 0 heterocycles. The number of benzene rings is 2. The molecule has 172 valence electrons. The van der Waals surface area contributed by atoms with Crippen molar-refractivity contribution >= 4 is 36.9 Å². The molecule has 0 atom stereocenters. The van der Waals surface area contributed by atoms with Gasteiger partial charge >= 0.3 is 0 Å². The van der Waals surface area contributed by atoms with E-state index < -0.39 is 0 Å². The molecule has 0 aliphatic heterocycles. The molecule has 31 heavy (non-hydrogen) atoms. The highest BCUT2D eigenvalue weighted by Crippen LogP contribution is 2.30. The molecule has 2 rings (SSSR count). The molecule has 0 aliphatic rings. The zero-order valence-corrected chi connectivity index (χ0v) is 22.7. The van der Waals surface area contributed by atoms with Crippen LogP contribution in [0, 0.1) is 12.3 Å². The van der Waals surface area contributed by atoms with Crippen LogP contribution in [0.4, 0.5) is 5.69 Å². The quantitative estimate of drug-likeness (QED) is 0.392. The molecular weight excluding hydrogens is 418 g/mol. The van der Waals surface area contributed by atoms with Crippen molar-refractivity contribution in [2.75, 3.05) is 5.32 Å². The van der Waals surface area contributed by atoms with Crippen LogP contribution in [0.5, 0.6) is 0 Å². The molecule has 0 saturated carbocycles. The molecule has 0 saturated heterocycles. The Balaban J connectivity index is 0.000000316. The minimum Gasteiger partial charge on any atom is -0.326 e.